The second-order valence-electron chi connectivity index (χ2n) is 7.64. The molecule has 0 bridgehead atoms. The van der Waals surface area contributed by atoms with Crippen LogP contribution < -0.4 is 0 Å². The molecule has 1 fully saturated rings. The second-order valence-corrected chi connectivity index (χ2v) is 9.26. The van der Waals surface area contributed by atoms with Crippen molar-refractivity contribution in [3.8, 4) is 0 Å². The lowest BCUT2D eigenvalue weighted by molar-refractivity contribution is -0.150. The van der Waals surface area contributed by atoms with Gasteiger partial charge in [-0.05, 0) is 44.2 Å². The third kappa shape index (κ3) is 4.76. The van der Waals surface area contributed by atoms with Crippen molar-refractivity contribution < 1.29 is 22.1 Å². The molecule has 0 amide bonds. The Morgan fingerprint density at radius 3 is 2.63 bits per heavy atom. The highest BCUT2D eigenvalue weighted by Crippen LogP contribution is 2.38. The molecule has 0 aromatic heterocycles. The van der Waals surface area contributed by atoms with Crippen molar-refractivity contribution in [2.24, 2.45) is 22.7 Å². The maximum Gasteiger partial charge on any atom is 0.302 e. The van der Waals surface area contributed by atoms with Gasteiger partial charge in [-0.1, -0.05) is 24.6 Å². The Hall–Kier alpha value is -1.73. The maximum absolute atomic E-state index is 12.3. The van der Waals surface area contributed by atoms with E-state index in [-0.39, 0.29) is 29.5 Å². The molecule has 148 valence electrons. The van der Waals surface area contributed by atoms with Gasteiger partial charge in [0.05, 0.1) is 11.5 Å². The van der Waals surface area contributed by atoms with Gasteiger partial charge in [0, 0.05) is 31.0 Å². The molecule has 1 aromatic rings. The molecule has 0 unspecified atom stereocenters. The highest BCUT2D eigenvalue weighted by Gasteiger charge is 2.41. The number of hydrogen-bond donors (Lipinski definition) is 0. The number of esters is 1. The zero-order valence-corrected chi connectivity index (χ0v) is 16.9. The van der Waals surface area contributed by atoms with E-state index in [0.29, 0.717) is 18.3 Å². The van der Waals surface area contributed by atoms with Gasteiger partial charge >= 0.3 is 5.97 Å². The molecule has 1 aliphatic heterocycles. The fraction of sp³-hybridized carbons (Fsp3) is 0.600. The minimum atomic E-state index is -3.78. The molecule has 7 heteroatoms. The first-order chi connectivity index (χ1) is 12.8. The zero-order valence-electron chi connectivity index (χ0n) is 16.1. The van der Waals surface area contributed by atoms with E-state index in [4.69, 9.17) is 8.92 Å². The van der Waals surface area contributed by atoms with Crippen LogP contribution in [0.5, 0.6) is 0 Å². The van der Waals surface area contributed by atoms with Crippen molar-refractivity contribution in [2.75, 3.05) is 13.2 Å². The molecular formula is C20H27NO5S. The summed E-state index contributed by atoms with van der Waals surface area (Å²) in [5, 5.41) is 0. The summed E-state index contributed by atoms with van der Waals surface area (Å²) < 4.78 is 35.5. The van der Waals surface area contributed by atoms with E-state index in [1.54, 1.807) is 24.3 Å². The summed E-state index contributed by atoms with van der Waals surface area (Å²) in [6, 6.07) is 6.58. The lowest BCUT2D eigenvalue weighted by Crippen LogP contribution is -2.39. The molecule has 0 saturated heterocycles. The zero-order chi connectivity index (χ0) is 19.6. The molecule has 6 nitrogen and oxygen atoms in total. The van der Waals surface area contributed by atoms with Crippen LogP contribution in [0, 0.1) is 24.7 Å². The summed E-state index contributed by atoms with van der Waals surface area (Å²) in [5.41, 5.74) is 2.17. The number of aliphatic imine (C=N–C) groups is 1. The number of fused-ring (bicyclic) bond motifs is 1. The van der Waals surface area contributed by atoms with Crippen molar-refractivity contribution in [3.63, 3.8) is 0 Å². The number of hydrogen-bond acceptors (Lipinski definition) is 6. The summed E-state index contributed by atoms with van der Waals surface area (Å²) in [6.45, 7) is 6.36. The minimum Gasteiger partial charge on any atom is -0.462 e. The lowest BCUT2D eigenvalue weighted by Gasteiger charge is -2.36. The Kier molecular flexibility index (Phi) is 6.01. The van der Waals surface area contributed by atoms with E-state index in [2.05, 4.69) is 11.9 Å². The van der Waals surface area contributed by atoms with Crippen LogP contribution in [0.1, 0.15) is 38.7 Å². The normalized spacial score (nSPS) is 27.7. The van der Waals surface area contributed by atoms with Crippen LogP contribution in [0.2, 0.25) is 0 Å². The average Bonchev–Trinajstić information content (AvgIpc) is 2.95. The number of carbonyl (C=O) groups is 1. The fourth-order valence-corrected chi connectivity index (χ4v) is 4.91. The largest absolute Gasteiger partial charge is 0.462 e. The molecule has 0 radical (unpaired) electrons. The fourth-order valence-electron chi connectivity index (χ4n) is 3.99. The topological polar surface area (TPSA) is 82.0 Å². The third-order valence-electron chi connectivity index (χ3n) is 5.53. The number of nitrogens with zero attached hydrogens (tertiary/aromatic N) is 1. The van der Waals surface area contributed by atoms with Gasteiger partial charge in [0.25, 0.3) is 10.1 Å². The molecule has 27 heavy (non-hydrogen) atoms. The van der Waals surface area contributed by atoms with E-state index < -0.39 is 10.1 Å². The van der Waals surface area contributed by atoms with Crippen molar-refractivity contribution in [3.05, 3.63) is 29.8 Å². The average molecular weight is 394 g/mol. The first-order valence-corrected chi connectivity index (χ1v) is 10.8. The maximum atomic E-state index is 12.3. The van der Waals surface area contributed by atoms with Gasteiger partial charge < -0.3 is 4.74 Å². The molecule has 3 rings (SSSR count). The van der Waals surface area contributed by atoms with Crippen molar-refractivity contribution >= 4 is 21.8 Å². The molecular weight excluding hydrogens is 366 g/mol. The van der Waals surface area contributed by atoms with E-state index in [1.165, 1.54) is 12.6 Å². The molecule has 4 atom stereocenters. The summed E-state index contributed by atoms with van der Waals surface area (Å²) in [7, 11) is -3.78. The quantitative estimate of drug-likeness (QED) is 0.548. The van der Waals surface area contributed by atoms with Crippen molar-refractivity contribution in [1.82, 2.24) is 0 Å². The second kappa shape index (κ2) is 8.10. The Morgan fingerprint density at radius 2 is 1.96 bits per heavy atom. The first-order valence-electron chi connectivity index (χ1n) is 9.43. The van der Waals surface area contributed by atoms with E-state index >= 15 is 0 Å². The highest BCUT2D eigenvalue weighted by molar-refractivity contribution is 7.86. The number of aryl methyl sites for hydroxylation is 1. The monoisotopic (exact) mass is 393 g/mol. The third-order valence-corrected chi connectivity index (χ3v) is 6.86. The summed E-state index contributed by atoms with van der Waals surface area (Å²) in [6.07, 6.45) is 1.79. The van der Waals surface area contributed by atoms with Gasteiger partial charge in [-0.25, -0.2) is 0 Å². The predicted octanol–water partition coefficient (Wildman–Crippen LogP) is 3.14. The molecule has 1 saturated carbocycles. The van der Waals surface area contributed by atoms with Crippen LogP contribution in [-0.4, -0.2) is 39.4 Å². The van der Waals surface area contributed by atoms with E-state index in [0.717, 1.165) is 24.9 Å². The van der Waals surface area contributed by atoms with Gasteiger partial charge in [-0.15, -0.1) is 0 Å². The Morgan fingerprint density at radius 1 is 1.26 bits per heavy atom. The summed E-state index contributed by atoms with van der Waals surface area (Å²) in [4.78, 5) is 16.3. The number of benzene rings is 1. The number of rotatable bonds is 6. The minimum absolute atomic E-state index is 0.0300. The van der Waals surface area contributed by atoms with Gasteiger partial charge in [-0.3, -0.25) is 14.0 Å². The van der Waals surface area contributed by atoms with Gasteiger partial charge in [-0.2, -0.15) is 8.42 Å². The Balaban J connectivity index is 1.62. The first kappa shape index (κ1) is 20.0. The van der Waals surface area contributed by atoms with Crippen LogP contribution in [0.4, 0.5) is 0 Å². The van der Waals surface area contributed by atoms with E-state index in [9.17, 15) is 13.2 Å². The van der Waals surface area contributed by atoms with Crippen LogP contribution in [0.15, 0.2) is 34.2 Å². The standard InChI is InChI=1S/C20H27NO5S/c1-13-4-6-17(7-5-13)27(23,24)25-9-8-16-10-19-18(14(2)12-21-19)11-20(16)26-15(3)22/h4-7,14,16,18,20H,8-12H2,1-3H3/t14-,16+,18-,20-/m1/s1. The van der Waals surface area contributed by atoms with Gasteiger partial charge in [0.15, 0.2) is 0 Å². The van der Waals surface area contributed by atoms with Gasteiger partial charge in [0.1, 0.15) is 6.10 Å². The van der Waals surface area contributed by atoms with Crippen molar-refractivity contribution in [2.45, 2.75) is 51.0 Å². The Bertz CT molecular complexity index is 815. The van der Waals surface area contributed by atoms with Crippen LogP contribution in [-0.2, 0) is 23.8 Å². The molecule has 1 aromatic carbocycles. The van der Waals surface area contributed by atoms with Crippen molar-refractivity contribution in [1.29, 1.82) is 0 Å². The molecule has 0 N–H and O–H groups in total. The number of carbonyl (C=O) groups excluding carboxylic acids is 1. The van der Waals surface area contributed by atoms with E-state index in [1.807, 2.05) is 6.92 Å². The SMILES string of the molecule is CC(=O)O[C@@H]1C[C@H]2C(=NC[C@H]2C)C[C@@H]1CCOS(=O)(=O)c1ccc(C)cc1. The molecule has 1 heterocycles. The molecule has 1 aliphatic carbocycles. The lowest BCUT2D eigenvalue weighted by atomic mass is 9.74. The highest BCUT2D eigenvalue weighted by atomic mass is 32.2. The van der Waals surface area contributed by atoms with Crippen LogP contribution >= 0.6 is 0 Å². The summed E-state index contributed by atoms with van der Waals surface area (Å²) in [5.74, 6) is 0.562. The number of ether oxygens (including phenoxy) is 1. The molecule has 0 spiro atoms. The Labute approximate surface area is 161 Å². The van der Waals surface area contributed by atoms with Crippen LogP contribution in [0.3, 0.4) is 0 Å². The van der Waals surface area contributed by atoms with Gasteiger partial charge in [0.2, 0.25) is 0 Å². The predicted molar refractivity (Wildman–Crippen MR) is 102 cm³/mol. The van der Waals surface area contributed by atoms with Crippen LogP contribution in [0.25, 0.3) is 0 Å². The summed E-state index contributed by atoms with van der Waals surface area (Å²) >= 11 is 0. The molecule has 2 aliphatic rings. The smallest absolute Gasteiger partial charge is 0.302 e.